The number of fused-ring (bicyclic) bond motifs is 1. The van der Waals surface area contributed by atoms with Gasteiger partial charge in [-0.2, -0.15) is 12.6 Å². The number of rotatable bonds is 4. The SMILES string of the molecule is CN(CS)CCc1ccc2c(c1)OCCCO2. The van der Waals surface area contributed by atoms with Crippen molar-refractivity contribution in [1.29, 1.82) is 0 Å². The number of hydrogen-bond acceptors (Lipinski definition) is 4. The zero-order chi connectivity index (χ0) is 12.1. The van der Waals surface area contributed by atoms with E-state index in [4.69, 9.17) is 9.47 Å². The number of benzene rings is 1. The molecule has 17 heavy (non-hydrogen) atoms. The van der Waals surface area contributed by atoms with Gasteiger partial charge in [-0.3, -0.25) is 4.90 Å². The Kier molecular flexibility index (Phi) is 4.57. The Morgan fingerprint density at radius 2 is 2.00 bits per heavy atom. The van der Waals surface area contributed by atoms with Gasteiger partial charge < -0.3 is 9.47 Å². The van der Waals surface area contributed by atoms with Gasteiger partial charge in [0.05, 0.1) is 13.2 Å². The second-order valence-corrected chi connectivity index (χ2v) is 4.59. The van der Waals surface area contributed by atoms with Crippen LogP contribution < -0.4 is 9.47 Å². The Balaban J connectivity index is 2.02. The average molecular weight is 253 g/mol. The predicted molar refractivity (Wildman–Crippen MR) is 72.2 cm³/mol. The van der Waals surface area contributed by atoms with E-state index in [-0.39, 0.29) is 0 Å². The van der Waals surface area contributed by atoms with Crippen LogP contribution in [0.15, 0.2) is 18.2 Å². The van der Waals surface area contributed by atoms with Crippen molar-refractivity contribution in [3.63, 3.8) is 0 Å². The molecule has 0 atom stereocenters. The Morgan fingerprint density at radius 3 is 2.76 bits per heavy atom. The first-order valence-corrected chi connectivity index (χ1v) is 6.61. The molecular formula is C13H19NO2S. The molecule has 1 aromatic carbocycles. The van der Waals surface area contributed by atoms with Crippen molar-refractivity contribution in [2.24, 2.45) is 0 Å². The molecule has 0 radical (unpaired) electrons. The van der Waals surface area contributed by atoms with Crippen LogP contribution in [0.25, 0.3) is 0 Å². The van der Waals surface area contributed by atoms with E-state index >= 15 is 0 Å². The fourth-order valence-electron chi connectivity index (χ4n) is 1.75. The minimum absolute atomic E-state index is 0.743. The summed E-state index contributed by atoms with van der Waals surface area (Å²) in [7, 11) is 2.07. The molecule has 1 aliphatic heterocycles. The number of hydrogen-bond donors (Lipinski definition) is 1. The smallest absolute Gasteiger partial charge is 0.161 e. The number of ether oxygens (including phenoxy) is 2. The summed E-state index contributed by atoms with van der Waals surface area (Å²) < 4.78 is 11.3. The van der Waals surface area contributed by atoms with Crippen LogP contribution in [0.4, 0.5) is 0 Å². The second kappa shape index (κ2) is 6.17. The van der Waals surface area contributed by atoms with E-state index < -0.39 is 0 Å². The van der Waals surface area contributed by atoms with E-state index in [1.165, 1.54) is 5.56 Å². The summed E-state index contributed by atoms with van der Waals surface area (Å²) in [5.74, 6) is 2.53. The Labute approximate surface area is 108 Å². The molecule has 0 aliphatic carbocycles. The van der Waals surface area contributed by atoms with Gasteiger partial charge in [0.1, 0.15) is 0 Å². The van der Waals surface area contributed by atoms with Crippen LogP contribution in [0.3, 0.4) is 0 Å². The van der Waals surface area contributed by atoms with Gasteiger partial charge in [-0.1, -0.05) is 6.07 Å². The van der Waals surface area contributed by atoms with Crippen LogP contribution >= 0.6 is 12.6 Å². The van der Waals surface area contributed by atoms with E-state index in [0.29, 0.717) is 0 Å². The summed E-state index contributed by atoms with van der Waals surface area (Å²) in [5, 5.41) is 0. The minimum Gasteiger partial charge on any atom is -0.490 e. The van der Waals surface area contributed by atoms with Crippen molar-refractivity contribution in [2.75, 3.05) is 32.7 Å². The van der Waals surface area contributed by atoms with Crippen LogP contribution in [-0.4, -0.2) is 37.6 Å². The third-order valence-corrected chi connectivity index (χ3v) is 3.32. The van der Waals surface area contributed by atoms with Gasteiger partial charge >= 0.3 is 0 Å². The quantitative estimate of drug-likeness (QED) is 0.657. The predicted octanol–water partition coefficient (Wildman–Crippen LogP) is 2.21. The van der Waals surface area contributed by atoms with E-state index in [0.717, 1.165) is 50.0 Å². The molecule has 0 unspecified atom stereocenters. The molecule has 1 heterocycles. The highest BCUT2D eigenvalue weighted by atomic mass is 32.1. The van der Waals surface area contributed by atoms with Crippen molar-refractivity contribution in [2.45, 2.75) is 12.8 Å². The Morgan fingerprint density at radius 1 is 1.24 bits per heavy atom. The molecule has 0 aromatic heterocycles. The van der Waals surface area contributed by atoms with E-state index in [9.17, 15) is 0 Å². The van der Waals surface area contributed by atoms with Gasteiger partial charge in [0.25, 0.3) is 0 Å². The zero-order valence-corrected chi connectivity index (χ0v) is 11.1. The van der Waals surface area contributed by atoms with Gasteiger partial charge in [0.15, 0.2) is 11.5 Å². The molecule has 0 saturated heterocycles. The van der Waals surface area contributed by atoms with E-state index in [2.05, 4.69) is 36.7 Å². The summed E-state index contributed by atoms with van der Waals surface area (Å²) >= 11 is 4.24. The van der Waals surface area contributed by atoms with Crippen LogP contribution in [0.2, 0.25) is 0 Å². The topological polar surface area (TPSA) is 21.7 Å². The molecule has 1 aliphatic rings. The van der Waals surface area contributed by atoms with E-state index in [1.54, 1.807) is 0 Å². The van der Waals surface area contributed by atoms with E-state index in [1.807, 2.05) is 6.07 Å². The van der Waals surface area contributed by atoms with Crippen molar-refractivity contribution < 1.29 is 9.47 Å². The number of thiol groups is 1. The highest BCUT2D eigenvalue weighted by Crippen LogP contribution is 2.30. The van der Waals surface area contributed by atoms with Gasteiger partial charge in [0.2, 0.25) is 0 Å². The second-order valence-electron chi connectivity index (χ2n) is 4.30. The molecule has 3 nitrogen and oxygen atoms in total. The fraction of sp³-hybridized carbons (Fsp3) is 0.538. The first-order chi connectivity index (χ1) is 8.29. The zero-order valence-electron chi connectivity index (χ0n) is 10.2. The van der Waals surface area contributed by atoms with Gasteiger partial charge in [0, 0.05) is 18.8 Å². The summed E-state index contributed by atoms with van der Waals surface area (Å²) in [5.41, 5.74) is 1.28. The number of nitrogens with zero attached hydrogens (tertiary/aromatic N) is 1. The first kappa shape index (κ1) is 12.6. The molecule has 0 saturated carbocycles. The standard InChI is InChI=1S/C13H19NO2S/c1-14(10-17)6-5-11-3-4-12-13(9-11)16-8-2-7-15-12/h3-4,9,17H,2,5-8,10H2,1H3. The fourth-order valence-corrected chi connectivity index (χ4v) is 1.90. The molecule has 0 bridgehead atoms. The molecule has 0 fully saturated rings. The molecule has 0 N–H and O–H groups in total. The van der Waals surface area contributed by atoms with Crippen molar-refractivity contribution in [3.8, 4) is 11.5 Å². The monoisotopic (exact) mass is 253 g/mol. The maximum Gasteiger partial charge on any atom is 0.161 e. The maximum absolute atomic E-state index is 5.67. The highest BCUT2D eigenvalue weighted by Gasteiger charge is 2.10. The lowest BCUT2D eigenvalue weighted by molar-refractivity contribution is 0.297. The summed E-state index contributed by atoms with van der Waals surface area (Å²) in [6.45, 7) is 2.49. The molecular weight excluding hydrogens is 234 g/mol. The molecule has 1 aromatic rings. The largest absolute Gasteiger partial charge is 0.490 e. The summed E-state index contributed by atoms with van der Waals surface area (Å²) in [4.78, 5) is 2.17. The lowest BCUT2D eigenvalue weighted by Gasteiger charge is -2.14. The Hall–Kier alpha value is -0.870. The minimum atomic E-state index is 0.743. The summed E-state index contributed by atoms with van der Waals surface area (Å²) in [6.07, 6.45) is 1.96. The molecule has 4 heteroatoms. The third kappa shape index (κ3) is 3.54. The van der Waals surface area contributed by atoms with Crippen LogP contribution in [0.1, 0.15) is 12.0 Å². The molecule has 0 spiro atoms. The lowest BCUT2D eigenvalue weighted by Crippen LogP contribution is -2.19. The average Bonchev–Trinajstić information content (AvgIpc) is 2.60. The van der Waals surface area contributed by atoms with Crippen LogP contribution in [-0.2, 0) is 6.42 Å². The van der Waals surface area contributed by atoms with Gasteiger partial charge in [-0.25, -0.2) is 0 Å². The van der Waals surface area contributed by atoms with Crippen LogP contribution in [0.5, 0.6) is 11.5 Å². The molecule has 2 rings (SSSR count). The molecule has 94 valence electrons. The van der Waals surface area contributed by atoms with Crippen molar-refractivity contribution in [1.82, 2.24) is 4.90 Å². The van der Waals surface area contributed by atoms with Gasteiger partial charge in [-0.15, -0.1) is 0 Å². The molecule has 0 amide bonds. The number of likely N-dealkylation sites (N-methyl/N-ethyl adjacent to an activating group) is 1. The Bertz CT molecular complexity index is 370. The highest BCUT2D eigenvalue weighted by molar-refractivity contribution is 7.80. The van der Waals surface area contributed by atoms with Gasteiger partial charge in [-0.05, 0) is 31.2 Å². The normalized spacial score (nSPS) is 14.8. The lowest BCUT2D eigenvalue weighted by atomic mass is 10.1. The third-order valence-electron chi connectivity index (χ3n) is 2.84. The van der Waals surface area contributed by atoms with Crippen molar-refractivity contribution in [3.05, 3.63) is 23.8 Å². The van der Waals surface area contributed by atoms with Crippen molar-refractivity contribution >= 4 is 12.6 Å². The maximum atomic E-state index is 5.67. The summed E-state index contributed by atoms with van der Waals surface area (Å²) in [6, 6.07) is 6.21. The van der Waals surface area contributed by atoms with Crippen LogP contribution in [0, 0.1) is 0 Å². The first-order valence-electron chi connectivity index (χ1n) is 5.97.